The number of para-hydroxylation sites is 1. The van der Waals surface area contributed by atoms with Gasteiger partial charge in [-0.1, -0.05) is 29.8 Å². The molecule has 3 nitrogen and oxygen atoms in total. The second-order valence-corrected chi connectivity index (χ2v) is 5.82. The normalized spacial score (nSPS) is 10.2. The maximum Gasteiger partial charge on any atom is 0.239 e. The highest BCUT2D eigenvalue weighted by molar-refractivity contribution is 7.16. The van der Waals surface area contributed by atoms with Gasteiger partial charge in [-0.2, -0.15) is 0 Å². The molecule has 0 bridgehead atoms. The number of anilines is 1. The molecule has 19 heavy (non-hydrogen) atoms. The third-order valence-corrected chi connectivity index (χ3v) is 3.84. The third-order valence-electron chi connectivity index (χ3n) is 2.55. The van der Waals surface area contributed by atoms with E-state index in [9.17, 15) is 4.79 Å². The van der Waals surface area contributed by atoms with Crippen LogP contribution in [0.3, 0.4) is 0 Å². The average Bonchev–Trinajstić information content (AvgIpc) is 2.83. The zero-order valence-electron chi connectivity index (χ0n) is 10.4. The zero-order chi connectivity index (χ0) is 13.5. The van der Waals surface area contributed by atoms with Crippen LogP contribution in [-0.2, 0) is 11.2 Å². The highest BCUT2D eigenvalue weighted by Gasteiger charge is 2.02. The molecular formula is C14H15ClN2OS. The fourth-order valence-corrected chi connectivity index (χ4v) is 2.70. The Hall–Kier alpha value is -1.52. The average molecular weight is 295 g/mol. The maximum absolute atomic E-state index is 11.6. The highest BCUT2D eigenvalue weighted by Crippen LogP contribution is 2.21. The number of halogens is 1. The van der Waals surface area contributed by atoms with Crippen LogP contribution in [-0.4, -0.2) is 19.0 Å². The summed E-state index contributed by atoms with van der Waals surface area (Å²) < 4.78 is 0.784. The highest BCUT2D eigenvalue weighted by atomic mass is 35.5. The van der Waals surface area contributed by atoms with Gasteiger partial charge in [-0.05, 0) is 30.7 Å². The first-order valence-electron chi connectivity index (χ1n) is 6.04. The monoisotopic (exact) mass is 294 g/mol. The predicted octanol–water partition coefficient (Wildman–Crippen LogP) is 3.17. The van der Waals surface area contributed by atoms with Crippen molar-refractivity contribution in [2.75, 3.05) is 18.4 Å². The predicted molar refractivity (Wildman–Crippen MR) is 81.0 cm³/mol. The summed E-state index contributed by atoms with van der Waals surface area (Å²) in [5.41, 5.74) is 0.947. The van der Waals surface area contributed by atoms with E-state index in [1.165, 1.54) is 4.88 Å². The van der Waals surface area contributed by atoms with E-state index >= 15 is 0 Å². The van der Waals surface area contributed by atoms with E-state index in [4.69, 9.17) is 11.6 Å². The van der Waals surface area contributed by atoms with Crippen LogP contribution in [0, 0.1) is 0 Å². The van der Waals surface area contributed by atoms with Crippen molar-refractivity contribution < 1.29 is 4.79 Å². The zero-order valence-corrected chi connectivity index (χ0v) is 11.9. The van der Waals surface area contributed by atoms with Gasteiger partial charge in [-0.3, -0.25) is 4.79 Å². The maximum atomic E-state index is 11.6. The first-order chi connectivity index (χ1) is 9.24. The molecule has 1 heterocycles. The second kappa shape index (κ2) is 7.16. The lowest BCUT2D eigenvalue weighted by Gasteiger charge is -2.07. The molecule has 2 aromatic rings. The van der Waals surface area contributed by atoms with Crippen molar-refractivity contribution in [1.29, 1.82) is 0 Å². The number of hydrogen-bond acceptors (Lipinski definition) is 3. The van der Waals surface area contributed by atoms with Crippen LogP contribution in [0.15, 0.2) is 42.5 Å². The van der Waals surface area contributed by atoms with Crippen LogP contribution < -0.4 is 10.6 Å². The molecule has 0 fully saturated rings. The smallest absolute Gasteiger partial charge is 0.239 e. The van der Waals surface area contributed by atoms with Gasteiger partial charge in [-0.25, -0.2) is 0 Å². The number of benzene rings is 1. The first kappa shape index (κ1) is 13.9. The molecule has 5 heteroatoms. The van der Waals surface area contributed by atoms with Crippen molar-refractivity contribution in [3.8, 4) is 0 Å². The molecule has 2 rings (SSSR count). The van der Waals surface area contributed by atoms with E-state index in [-0.39, 0.29) is 12.5 Å². The molecule has 0 atom stereocenters. The Kier molecular flexibility index (Phi) is 5.24. The summed E-state index contributed by atoms with van der Waals surface area (Å²) in [6, 6.07) is 13.5. The Balaban J connectivity index is 1.65. The van der Waals surface area contributed by atoms with Gasteiger partial charge in [0.1, 0.15) is 0 Å². The lowest BCUT2D eigenvalue weighted by Crippen LogP contribution is -2.31. The van der Waals surface area contributed by atoms with Crippen molar-refractivity contribution in [2.24, 2.45) is 0 Å². The Morgan fingerprint density at radius 2 is 1.95 bits per heavy atom. The lowest BCUT2D eigenvalue weighted by atomic mass is 10.3. The minimum atomic E-state index is -0.00786. The van der Waals surface area contributed by atoms with E-state index in [1.807, 2.05) is 42.5 Å². The van der Waals surface area contributed by atoms with Crippen LogP contribution >= 0.6 is 22.9 Å². The van der Waals surface area contributed by atoms with Gasteiger partial charge in [0.15, 0.2) is 0 Å². The van der Waals surface area contributed by atoms with Gasteiger partial charge >= 0.3 is 0 Å². The number of carbonyl (C=O) groups excluding carboxylic acids is 1. The molecule has 0 spiro atoms. The molecule has 0 aliphatic rings. The van der Waals surface area contributed by atoms with E-state index in [0.717, 1.165) is 16.4 Å². The molecule has 1 aromatic carbocycles. The summed E-state index contributed by atoms with van der Waals surface area (Å²) in [5.74, 6) is -0.00786. The standard InChI is InChI=1S/C14H15ClN2OS/c15-13-7-6-12(19-13)8-9-16-14(18)10-17-11-4-2-1-3-5-11/h1-7,17H,8-10H2,(H,16,18). The van der Waals surface area contributed by atoms with E-state index < -0.39 is 0 Å². The molecule has 0 aliphatic heterocycles. The fourth-order valence-electron chi connectivity index (χ4n) is 1.61. The Labute approximate surface area is 121 Å². The van der Waals surface area contributed by atoms with Crippen LogP contribution in [0.1, 0.15) is 4.88 Å². The topological polar surface area (TPSA) is 41.1 Å². The Bertz CT molecular complexity index is 527. The quantitative estimate of drug-likeness (QED) is 0.859. The van der Waals surface area contributed by atoms with Crippen LogP contribution in [0.5, 0.6) is 0 Å². The van der Waals surface area contributed by atoms with Crippen LogP contribution in [0.2, 0.25) is 4.34 Å². The molecule has 100 valence electrons. The molecule has 0 saturated carbocycles. The summed E-state index contributed by atoms with van der Waals surface area (Å²) in [5, 5.41) is 5.94. The summed E-state index contributed by atoms with van der Waals surface area (Å²) in [4.78, 5) is 12.8. The second-order valence-electron chi connectivity index (χ2n) is 4.03. The number of rotatable bonds is 6. The van der Waals surface area contributed by atoms with Crippen molar-refractivity contribution in [1.82, 2.24) is 5.32 Å². The minimum Gasteiger partial charge on any atom is -0.376 e. The van der Waals surface area contributed by atoms with E-state index in [0.29, 0.717) is 6.54 Å². The lowest BCUT2D eigenvalue weighted by molar-refractivity contribution is -0.119. The molecule has 0 aliphatic carbocycles. The van der Waals surface area contributed by atoms with Crippen molar-refractivity contribution >= 4 is 34.5 Å². The van der Waals surface area contributed by atoms with Crippen molar-refractivity contribution in [3.05, 3.63) is 51.7 Å². The number of thiophene rings is 1. The largest absolute Gasteiger partial charge is 0.376 e. The third kappa shape index (κ3) is 4.93. The molecular weight excluding hydrogens is 280 g/mol. The van der Waals surface area contributed by atoms with E-state index in [2.05, 4.69) is 10.6 Å². The first-order valence-corrected chi connectivity index (χ1v) is 7.23. The summed E-state index contributed by atoms with van der Waals surface area (Å²) >= 11 is 7.39. The minimum absolute atomic E-state index is 0.00786. The molecule has 2 N–H and O–H groups in total. The molecule has 1 amide bonds. The molecule has 0 radical (unpaired) electrons. The Morgan fingerprint density at radius 3 is 2.63 bits per heavy atom. The summed E-state index contributed by atoms with van der Waals surface area (Å²) in [6.07, 6.45) is 0.814. The number of nitrogens with one attached hydrogen (secondary N) is 2. The fraction of sp³-hybridized carbons (Fsp3) is 0.214. The van der Waals surface area contributed by atoms with Gasteiger partial charge in [0, 0.05) is 17.1 Å². The van der Waals surface area contributed by atoms with Crippen molar-refractivity contribution in [3.63, 3.8) is 0 Å². The molecule has 0 saturated heterocycles. The van der Waals surface area contributed by atoms with Crippen molar-refractivity contribution in [2.45, 2.75) is 6.42 Å². The van der Waals surface area contributed by atoms with Gasteiger partial charge in [0.2, 0.25) is 5.91 Å². The van der Waals surface area contributed by atoms with Gasteiger partial charge in [-0.15, -0.1) is 11.3 Å². The van der Waals surface area contributed by atoms with Crippen LogP contribution in [0.4, 0.5) is 5.69 Å². The van der Waals surface area contributed by atoms with Gasteiger partial charge in [0.05, 0.1) is 10.9 Å². The van der Waals surface area contributed by atoms with Crippen LogP contribution in [0.25, 0.3) is 0 Å². The van der Waals surface area contributed by atoms with Gasteiger partial charge < -0.3 is 10.6 Å². The number of carbonyl (C=O) groups is 1. The Morgan fingerprint density at radius 1 is 1.16 bits per heavy atom. The number of amides is 1. The number of hydrogen-bond donors (Lipinski definition) is 2. The molecule has 0 unspecified atom stereocenters. The summed E-state index contributed by atoms with van der Waals surface area (Å²) in [6.45, 7) is 0.918. The molecule has 1 aromatic heterocycles. The van der Waals surface area contributed by atoms with E-state index in [1.54, 1.807) is 11.3 Å². The van der Waals surface area contributed by atoms with Gasteiger partial charge in [0.25, 0.3) is 0 Å². The SMILES string of the molecule is O=C(CNc1ccccc1)NCCc1ccc(Cl)s1. The summed E-state index contributed by atoms with van der Waals surface area (Å²) in [7, 11) is 0.